The summed E-state index contributed by atoms with van der Waals surface area (Å²) in [5.41, 5.74) is 2.84. The Morgan fingerprint density at radius 1 is 1.26 bits per heavy atom. The Hall–Kier alpha value is -1.75. The van der Waals surface area contributed by atoms with Crippen molar-refractivity contribution in [2.45, 2.75) is 72.1 Å². The van der Waals surface area contributed by atoms with E-state index in [0.29, 0.717) is 37.2 Å². The summed E-state index contributed by atoms with van der Waals surface area (Å²) in [5.74, 6) is 0.945. The van der Waals surface area contributed by atoms with Gasteiger partial charge in [0.2, 0.25) is 0 Å². The van der Waals surface area contributed by atoms with Crippen molar-refractivity contribution in [2.75, 3.05) is 13.2 Å². The maximum atomic E-state index is 13.2. The molecule has 4 rings (SSSR count). The number of allylic oxidation sites excluding steroid dienone is 4. The van der Waals surface area contributed by atoms with Crippen molar-refractivity contribution in [2.24, 2.45) is 34.5 Å². The van der Waals surface area contributed by atoms with Crippen LogP contribution in [0.3, 0.4) is 0 Å². The van der Waals surface area contributed by atoms with Crippen LogP contribution in [-0.2, 0) is 19.1 Å². The predicted molar refractivity (Wildman–Crippen MR) is 117 cm³/mol. The summed E-state index contributed by atoms with van der Waals surface area (Å²) in [4.78, 5) is 35.8. The van der Waals surface area contributed by atoms with Crippen molar-refractivity contribution in [1.29, 1.82) is 0 Å². The van der Waals surface area contributed by atoms with Gasteiger partial charge < -0.3 is 9.84 Å². The zero-order chi connectivity index (χ0) is 22.4. The summed E-state index contributed by atoms with van der Waals surface area (Å²) in [5, 5.41) is 8.74. The first-order chi connectivity index (χ1) is 14.7. The van der Waals surface area contributed by atoms with Gasteiger partial charge in [0.25, 0.3) is 0 Å². The lowest BCUT2D eigenvalue weighted by Gasteiger charge is -2.53. The minimum Gasteiger partial charge on any atom is -0.481 e. The summed E-state index contributed by atoms with van der Waals surface area (Å²) >= 11 is 0. The van der Waals surface area contributed by atoms with Crippen LogP contribution in [0.25, 0.3) is 0 Å². The van der Waals surface area contributed by atoms with E-state index >= 15 is 0 Å². The Balaban J connectivity index is 1.50. The standard InChI is InChI=1S/C26H36O5/c1-16-13-21-19-7-6-17-14-18(27)8-10-25(17,2)20(19)9-11-26(21,3)24(16)22(28)15-31-12-4-5-23(29)30/h9,14,16,19,21,24H,4-8,10-13,15H2,1-3H3,(H,29,30)/t16-,19?,21?,24-,25+,26+/m1/s1. The first-order valence-electron chi connectivity index (χ1n) is 11.9. The number of carbonyl (C=O) groups excluding carboxylic acids is 2. The number of carbonyl (C=O) groups is 3. The van der Waals surface area contributed by atoms with E-state index in [1.807, 2.05) is 6.08 Å². The minimum absolute atomic E-state index is 0.00699. The smallest absolute Gasteiger partial charge is 0.303 e. The van der Waals surface area contributed by atoms with Crippen molar-refractivity contribution in [3.8, 4) is 0 Å². The zero-order valence-corrected chi connectivity index (χ0v) is 19.1. The SMILES string of the molecule is C[C@@H]1CC2C3CCC4=CC(=O)CC[C@]4(C)C3=CC[C@]2(C)[C@H]1C(=O)COCCCC(=O)O. The van der Waals surface area contributed by atoms with Crippen molar-refractivity contribution < 1.29 is 24.2 Å². The van der Waals surface area contributed by atoms with Crippen molar-refractivity contribution in [1.82, 2.24) is 0 Å². The van der Waals surface area contributed by atoms with Gasteiger partial charge in [0.15, 0.2) is 11.6 Å². The second kappa shape index (κ2) is 8.31. The van der Waals surface area contributed by atoms with E-state index < -0.39 is 5.97 Å². The number of aliphatic carboxylic acids is 1. The molecule has 5 nitrogen and oxygen atoms in total. The molecular formula is C26H36O5. The third kappa shape index (κ3) is 3.83. The average molecular weight is 429 g/mol. The lowest BCUT2D eigenvalue weighted by Crippen LogP contribution is -2.46. The number of ether oxygens (including phenoxy) is 1. The number of Topliss-reactive ketones (excluding diaryl/α,β-unsaturated/α-hetero) is 1. The number of rotatable bonds is 7. The maximum absolute atomic E-state index is 13.2. The van der Waals surface area contributed by atoms with Crippen LogP contribution in [0.1, 0.15) is 72.1 Å². The fourth-order valence-corrected chi connectivity index (χ4v) is 7.50. The van der Waals surface area contributed by atoms with Gasteiger partial charge in [-0.1, -0.05) is 38.0 Å². The minimum atomic E-state index is -0.832. The lowest BCUT2D eigenvalue weighted by atomic mass is 9.51. The van der Waals surface area contributed by atoms with Crippen LogP contribution in [-0.4, -0.2) is 35.9 Å². The lowest BCUT2D eigenvalue weighted by molar-refractivity contribution is -0.137. The van der Waals surface area contributed by atoms with E-state index in [1.54, 1.807) is 0 Å². The van der Waals surface area contributed by atoms with Gasteiger partial charge in [-0.05, 0) is 67.8 Å². The van der Waals surface area contributed by atoms with E-state index in [9.17, 15) is 14.4 Å². The molecule has 0 bridgehead atoms. The fraction of sp³-hybridized carbons (Fsp3) is 0.731. The Kier molecular flexibility index (Phi) is 6.01. The molecule has 0 aromatic heterocycles. The molecule has 0 amide bonds. The van der Waals surface area contributed by atoms with Crippen LogP contribution >= 0.6 is 0 Å². The van der Waals surface area contributed by atoms with Crippen LogP contribution in [0.2, 0.25) is 0 Å². The summed E-state index contributed by atoms with van der Waals surface area (Å²) in [7, 11) is 0. The summed E-state index contributed by atoms with van der Waals surface area (Å²) in [6.45, 7) is 7.26. The highest BCUT2D eigenvalue weighted by molar-refractivity contribution is 5.92. The molecule has 2 unspecified atom stereocenters. The Bertz CT molecular complexity index is 839. The van der Waals surface area contributed by atoms with E-state index in [2.05, 4.69) is 26.8 Å². The number of hydrogen-bond donors (Lipinski definition) is 1. The van der Waals surface area contributed by atoms with Gasteiger partial charge >= 0.3 is 5.97 Å². The van der Waals surface area contributed by atoms with E-state index in [4.69, 9.17) is 9.84 Å². The molecule has 2 fully saturated rings. The molecule has 0 heterocycles. The Morgan fingerprint density at radius 3 is 2.77 bits per heavy atom. The second-order valence-electron chi connectivity index (χ2n) is 10.8. The van der Waals surface area contributed by atoms with Gasteiger partial charge in [-0.3, -0.25) is 14.4 Å². The molecular weight excluding hydrogens is 392 g/mol. The highest BCUT2D eigenvalue weighted by atomic mass is 16.5. The number of hydrogen-bond acceptors (Lipinski definition) is 4. The van der Waals surface area contributed by atoms with Gasteiger partial charge in [0.1, 0.15) is 6.61 Å². The van der Waals surface area contributed by atoms with Gasteiger partial charge in [0, 0.05) is 30.8 Å². The van der Waals surface area contributed by atoms with Gasteiger partial charge in [-0.2, -0.15) is 0 Å². The Morgan fingerprint density at radius 2 is 2.03 bits per heavy atom. The van der Waals surface area contributed by atoms with Crippen LogP contribution in [0, 0.1) is 34.5 Å². The van der Waals surface area contributed by atoms with Gasteiger partial charge in [0.05, 0.1) is 0 Å². The topological polar surface area (TPSA) is 80.7 Å². The highest BCUT2D eigenvalue weighted by Gasteiger charge is 2.59. The van der Waals surface area contributed by atoms with Crippen molar-refractivity contribution >= 4 is 17.5 Å². The van der Waals surface area contributed by atoms with E-state index in [0.717, 1.165) is 32.1 Å². The molecule has 0 aromatic rings. The molecule has 4 aliphatic carbocycles. The van der Waals surface area contributed by atoms with Gasteiger partial charge in [-0.25, -0.2) is 0 Å². The Labute approximate surface area is 185 Å². The molecule has 6 atom stereocenters. The molecule has 0 aromatic carbocycles. The number of fused-ring (bicyclic) bond motifs is 5. The first-order valence-corrected chi connectivity index (χ1v) is 11.9. The van der Waals surface area contributed by atoms with Crippen LogP contribution in [0.15, 0.2) is 23.3 Å². The molecule has 0 spiro atoms. The molecule has 0 radical (unpaired) electrons. The molecule has 0 saturated heterocycles. The van der Waals surface area contributed by atoms with Crippen LogP contribution < -0.4 is 0 Å². The second-order valence-corrected chi connectivity index (χ2v) is 10.8. The zero-order valence-electron chi connectivity index (χ0n) is 19.1. The summed E-state index contributed by atoms with van der Waals surface area (Å²) in [6.07, 6.45) is 10.5. The molecule has 4 aliphatic rings. The van der Waals surface area contributed by atoms with Crippen molar-refractivity contribution in [3.05, 3.63) is 23.3 Å². The quantitative estimate of drug-likeness (QED) is 0.467. The first kappa shape index (κ1) is 22.4. The van der Waals surface area contributed by atoms with Crippen LogP contribution in [0.5, 0.6) is 0 Å². The summed E-state index contributed by atoms with van der Waals surface area (Å²) < 4.78 is 5.57. The number of carboxylic acid groups (broad SMARTS) is 1. The predicted octanol–water partition coefficient (Wildman–Crippen LogP) is 4.75. The highest BCUT2D eigenvalue weighted by Crippen LogP contribution is 2.65. The third-order valence-corrected chi connectivity index (χ3v) is 8.95. The van der Waals surface area contributed by atoms with Crippen LogP contribution in [0.4, 0.5) is 0 Å². The van der Waals surface area contributed by atoms with Gasteiger partial charge in [-0.15, -0.1) is 0 Å². The van der Waals surface area contributed by atoms with E-state index in [-0.39, 0.29) is 41.3 Å². The number of carboxylic acids is 1. The molecule has 2 saturated carbocycles. The summed E-state index contributed by atoms with van der Waals surface area (Å²) in [6, 6.07) is 0. The maximum Gasteiger partial charge on any atom is 0.303 e. The number of ketones is 2. The molecule has 5 heteroatoms. The monoisotopic (exact) mass is 428 g/mol. The third-order valence-electron chi connectivity index (χ3n) is 8.95. The van der Waals surface area contributed by atoms with Crippen molar-refractivity contribution in [3.63, 3.8) is 0 Å². The normalized spacial score (nSPS) is 39.1. The average Bonchev–Trinajstić information content (AvgIpc) is 2.98. The fourth-order valence-electron chi connectivity index (χ4n) is 7.50. The molecule has 170 valence electrons. The molecule has 31 heavy (non-hydrogen) atoms. The van der Waals surface area contributed by atoms with E-state index in [1.165, 1.54) is 11.1 Å². The molecule has 1 N–H and O–H groups in total. The molecule has 0 aliphatic heterocycles. The largest absolute Gasteiger partial charge is 0.481 e.